The molecule has 3 aromatic rings. The highest BCUT2D eigenvalue weighted by molar-refractivity contribution is 5.86. The van der Waals surface area contributed by atoms with Crippen molar-refractivity contribution < 1.29 is 9.84 Å². The number of aromatic hydroxyl groups is 1. The maximum Gasteiger partial charge on any atom is 0.123 e. The molecule has 2 aromatic carbocycles. The summed E-state index contributed by atoms with van der Waals surface area (Å²) >= 11 is 0. The van der Waals surface area contributed by atoms with E-state index in [4.69, 9.17) is 15.5 Å². The van der Waals surface area contributed by atoms with Gasteiger partial charge in [0, 0.05) is 25.6 Å². The molecule has 2 aliphatic heterocycles. The van der Waals surface area contributed by atoms with Crippen LogP contribution in [-0.4, -0.2) is 45.3 Å². The Hall–Kier alpha value is -1.54. The van der Waals surface area contributed by atoms with E-state index in [1.54, 1.807) is 0 Å². The predicted octanol–water partition coefficient (Wildman–Crippen LogP) is 4.71. The molecule has 0 unspecified atom stereocenters. The van der Waals surface area contributed by atoms with E-state index in [1.807, 2.05) is 19.1 Å². The lowest BCUT2D eigenvalue weighted by Gasteiger charge is -2.40. The molecule has 0 spiro atoms. The van der Waals surface area contributed by atoms with Crippen LogP contribution in [0.1, 0.15) is 41.5 Å². The van der Waals surface area contributed by atoms with Crippen LogP contribution in [0.3, 0.4) is 0 Å². The van der Waals surface area contributed by atoms with E-state index in [2.05, 4.69) is 40.8 Å². The Kier molecular flexibility index (Phi) is 10.1. The van der Waals surface area contributed by atoms with Crippen molar-refractivity contribution in [2.45, 2.75) is 44.9 Å². The molecule has 2 atom stereocenters. The summed E-state index contributed by atoms with van der Waals surface area (Å²) in [5.41, 5.74) is 11.3. The second kappa shape index (κ2) is 11.9. The quantitative estimate of drug-likeness (QED) is 0.512. The average molecular weight is 530 g/mol. The number of nitrogens with zero attached hydrogens (tertiary/aromatic N) is 3. The SMILES string of the molecule is Cc1ccc2c(c1O)C[C@@H](C1CCN(Cc3nc4ccccc4n3C)CC1)O[C@H]2CN.Cl.Cl.Cl. The number of piperidine rings is 1. The number of rotatable bonds is 4. The molecule has 34 heavy (non-hydrogen) atoms. The highest BCUT2D eigenvalue weighted by atomic mass is 35.5. The zero-order valence-electron chi connectivity index (χ0n) is 19.6. The molecule has 1 saturated heterocycles. The molecule has 188 valence electrons. The topological polar surface area (TPSA) is 76.5 Å². The van der Waals surface area contributed by atoms with Crippen molar-refractivity contribution in [2.24, 2.45) is 18.7 Å². The van der Waals surface area contributed by atoms with Gasteiger partial charge >= 0.3 is 0 Å². The van der Waals surface area contributed by atoms with E-state index in [0.717, 1.165) is 66.9 Å². The zero-order valence-corrected chi connectivity index (χ0v) is 22.1. The molecule has 9 heteroatoms. The van der Waals surface area contributed by atoms with Crippen molar-refractivity contribution >= 4 is 48.3 Å². The largest absolute Gasteiger partial charge is 0.507 e. The molecule has 0 amide bonds. The number of benzene rings is 2. The minimum atomic E-state index is -0.127. The highest BCUT2D eigenvalue weighted by Gasteiger charge is 2.35. The normalized spacial score (nSPS) is 20.7. The Morgan fingerprint density at radius 1 is 1.09 bits per heavy atom. The van der Waals surface area contributed by atoms with Crippen LogP contribution in [-0.2, 0) is 24.8 Å². The molecule has 5 rings (SSSR count). The molecular weight excluding hydrogens is 495 g/mol. The number of hydrogen-bond acceptors (Lipinski definition) is 5. The van der Waals surface area contributed by atoms with Crippen LogP contribution in [0, 0.1) is 12.8 Å². The van der Waals surface area contributed by atoms with Gasteiger partial charge in [0.2, 0.25) is 0 Å². The standard InChI is InChI=1S/C25H32N4O2.3ClH/c1-16-7-8-18-19(25(16)30)13-22(31-23(18)14-26)17-9-11-29(12-10-17)15-24-27-20-5-3-4-6-21(20)28(24)2;;;/h3-8,17,22-23,30H,9-15,26H2,1-2H3;3*1H/t22-,23-;;;/m0.../s1. The van der Waals surface area contributed by atoms with Crippen LogP contribution >= 0.6 is 37.2 Å². The van der Waals surface area contributed by atoms with E-state index in [1.165, 1.54) is 5.52 Å². The van der Waals surface area contributed by atoms with Crippen LogP contribution < -0.4 is 5.73 Å². The minimum absolute atomic E-state index is 0. The van der Waals surface area contributed by atoms with E-state index >= 15 is 0 Å². The fourth-order valence-corrected chi connectivity index (χ4v) is 5.30. The maximum atomic E-state index is 10.7. The number of likely N-dealkylation sites (tertiary alicyclic amines) is 1. The van der Waals surface area contributed by atoms with Crippen LogP contribution in [0.5, 0.6) is 5.75 Å². The van der Waals surface area contributed by atoms with Crippen molar-refractivity contribution in [3.63, 3.8) is 0 Å². The number of ether oxygens (including phenoxy) is 1. The van der Waals surface area contributed by atoms with Crippen LogP contribution in [0.4, 0.5) is 0 Å². The summed E-state index contributed by atoms with van der Waals surface area (Å²) < 4.78 is 8.65. The summed E-state index contributed by atoms with van der Waals surface area (Å²) in [6.07, 6.45) is 2.95. The second-order valence-corrected chi connectivity index (χ2v) is 9.09. The first-order valence-corrected chi connectivity index (χ1v) is 11.3. The first kappa shape index (κ1) is 28.7. The summed E-state index contributed by atoms with van der Waals surface area (Å²) in [7, 11) is 2.10. The summed E-state index contributed by atoms with van der Waals surface area (Å²) in [5, 5.41) is 10.7. The Labute approximate surface area is 220 Å². The third-order valence-electron chi connectivity index (χ3n) is 7.23. The lowest BCUT2D eigenvalue weighted by Crippen LogP contribution is -2.42. The second-order valence-electron chi connectivity index (χ2n) is 9.09. The van der Waals surface area contributed by atoms with Gasteiger partial charge < -0.3 is 20.1 Å². The van der Waals surface area contributed by atoms with Crippen molar-refractivity contribution in [3.05, 3.63) is 58.9 Å². The van der Waals surface area contributed by atoms with Gasteiger partial charge in [0.25, 0.3) is 0 Å². The number of phenols is 1. The van der Waals surface area contributed by atoms with Crippen LogP contribution in [0.25, 0.3) is 11.0 Å². The molecule has 0 radical (unpaired) electrons. The van der Waals surface area contributed by atoms with Crippen LogP contribution in [0.15, 0.2) is 36.4 Å². The molecule has 3 heterocycles. The molecule has 6 nitrogen and oxygen atoms in total. The monoisotopic (exact) mass is 528 g/mol. The van der Waals surface area contributed by atoms with Gasteiger partial charge in [-0.05, 0) is 62.0 Å². The Morgan fingerprint density at radius 3 is 2.47 bits per heavy atom. The van der Waals surface area contributed by atoms with Gasteiger partial charge in [0.05, 0.1) is 29.8 Å². The van der Waals surface area contributed by atoms with Gasteiger partial charge in [0.1, 0.15) is 11.6 Å². The lowest BCUT2D eigenvalue weighted by atomic mass is 9.83. The summed E-state index contributed by atoms with van der Waals surface area (Å²) in [5.74, 6) is 2.02. The number of para-hydroxylation sites is 2. The first-order chi connectivity index (χ1) is 15.0. The Morgan fingerprint density at radius 2 is 1.79 bits per heavy atom. The summed E-state index contributed by atoms with van der Waals surface area (Å²) in [6, 6.07) is 12.3. The smallest absolute Gasteiger partial charge is 0.123 e. The Balaban J connectivity index is 0.00000136. The van der Waals surface area contributed by atoms with Gasteiger partial charge in [-0.25, -0.2) is 4.98 Å². The molecule has 0 aliphatic carbocycles. The average Bonchev–Trinajstić information content (AvgIpc) is 3.11. The maximum absolute atomic E-state index is 10.7. The predicted molar refractivity (Wildman–Crippen MR) is 144 cm³/mol. The third-order valence-corrected chi connectivity index (χ3v) is 7.23. The Bertz CT molecular complexity index is 1100. The van der Waals surface area contributed by atoms with E-state index in [0.29, 0.717) is 18.2 Å². The van der Waals surface area contributed by atoms with Gasteiger partial charge in [-0.1, -0.05) is 24.3 Å². The van der Waals surface area contributed by atoms with Crippen molar-refractivity contribution in [1.82, 2.24) is 14.5 Å². The lowest BCUT2D eigenvalue weighted by molar-refractivity contribution is -0.0652. The number of nitrogens with two attached hydrogens (primary N) is 1. The molecule has 0 saturated carbocycles. The van der Waals surface area contributed by atoms with Crippen molar-refractivity contribution in [1.29, 1.82) is 0 Å². The number of hydrogen-bond donors (Lipinski definition) is 2. The van der Waals surface area contributed by atoms with Crippen LogP contribution in [0.2, 0.25) is 0 Å². The fourth-order valence-electron chi connectivity index (χ4n) is 5.30. The molecule has 1 fully saturated rings. The first-order valence-electron chi connectivity index (χ1n) is 11.3. The highest BCUT2D eigenvalue weighted by Crippen LogP contribution is 2.40. The summed E-state index contributed by atoms with van der Waals surface area (Å²) in [6.45, 7) is 5.34. The number of halogens is 3. The molecule has 3 N–H and O–H groups in total. The van der Waals surface area contributed by atoms with Gasteiger partial charge in [0.15, 0.2) is 0 Å². The number of phenolic OH excluding ortho intramolecular Hbond substituents is 1. The number of imidazole rings is 1. The fraction of sp³-hybridized carbons (Fsp3) is 0.480. The van der Waals surface area contributed by atoms with Gasteiger partial charge in [-0.15, -0.1) is 37.2 Å². The number of fused-ring (bicyclic) bond motifs is 2. The molecule has 2 aliphatic rings. The van der Waals surface area contributed by atoms with E-state index in [-0.39, 0.29) is 49.4 Å². The number of aryl methyl sites for hydroxylation is 2. The minimum Gasteiger partial charge on any atom is -0.507 e. The molecular formula is C25H35Cl3N4O2. The third kappa shape index (κ3) is 5.32. The van der Waals surface area contributed by atoms with E-state index < -0.39 is 0 Å². The molecule has 1 aromatic heterocycles. The van der Waals surface area contributed by atoms with Crippen molar-refractivity contribution in [2.75, 3.05) is 19.6 Å². The molecule has 0 bridgehead atoms. The summed E-state index contributed by atoms with van der Waals surface area (Å²) in [4.78, 5) is 7.33. The van der Waals surface area contributed by atoms with E-state index in [9.17, 15) is 5.11 Å². The van der Waals surface area contributed by atoms with Gasteiger partial charge in [-0.3, -0.25) is 4.90 Å². The zero-order chi connectivity index (χ0) is 21.5. The van der Waals surface area contributed by atoms with Crippen molar-refractivity contribution in [3.8, 4) is 5.75 Å². The van der Waals surface area contributed by atoms with Gasteiger partial charge in [-0.2, -0.15) is 0 Å². The number of aromatic nitrogens is 2.